The largest absolute Gasteiger partial charge is 0.376 e. The molecule has 5 heteroatoms. The lowest BCUT2D eigenvalue weighted by Gasteiger charge is -2.33. The van der Waals surface area contributed by atoms with Crippen LogP contribution in [0.4, 0.5) is 0 Å². The predicted octanol–water partition coefficient (Wildman–Crippen LogP) is 3.19. The molecule has 0 saturated carbocycles. The van der Waals surface area contributed by atoms with Crippen LogP contribution in [0.5, 0.6) is 0 Å². The highest BCUT2D eigenvalue weighted by Gasteiger charge is 2.47. The van der Waals surface area contributed by atoms with E-state index in [0.717, 1.165) is 12.0 Å². The van der Waals surface area contributed by atoms with Crippen LogP contribution in [0, 0.1) is 12.3 Å². The summed E-state index contributed by atoms with van der Waals surface area (Å²) in [5.41, 5.74) is 3.18. The van der Waals surface area contributed by atoms with Crippen LogP contribution in [0.1, 0.15) is 11.1 Å². The van der Waals surface area contributed by atoms with E-state index in [1.54, 1.807) is 16.4 Å². The number of ether oxygens (including phenoxy) is 1. The Hall–Kier alpha value is -1.95. The van der Waals surface area contributed by atoms with Gasteiger partial charge in [0.15, 0.2) is 0 Å². The van der Waals surface area contributed by atoms with Gasteiger partial charge in [0, 0.05) is 18.5 Å². The molecule has 0 aromatic heterocycles. The summed E-state index contributed by atoms with van der Waals surface area (Å²) < 4.78 is 33.6. The molecule has 0 amide bonds. The molecule has 2 aliphatic rings. The van der Waals surface area contributed by atoms with Crippen molar-refractivity contribution in [2.75, 3.05) is 26.3 Å². The predicted molar refractivity (Wildman–Crippen MR) is 101 cm³/mol. The van der Waals surface area contributed by atoms with Crippen LogP contribution in [-0.4, -0.2) is 39.0 Å². The molecule has 1 saturated heterocycles. The Bertz CT molecular complexity index is 919. The first-order valence-electron chi connectivity index (χ1n) is 8.88. The van der Waals surface area contributed by atoms with Gasteiger partial charge in [-0.15, -0.1) is 0 Å². The lowest BCUT2D eigenvalue weighted by molar-refractivity contribution is 0.0710. The Balaban J connectivity index is 1.66. The number of benzene rings is 2. The highest BCUT2D eigenvalue weighted by molar-refractivity contribution is 7.89. The van der Waals surface area contributed by atoms with Crippen molar-refractivity contribution in [2.24, 2.45) is 5.41 Å². The van der Waals surface area contributed by atoms with Crippen LogP contribution in [0.2, 0.25) is 0 Å². The van der Waals surface area contributed by atoms with Crippen LogP contribution in [0.3, 0.4) is 0 Å². The van der Waals surface area contributed by atoms with Crippen LogP contribution in [0.25, 0.3) is 0 Å². The minimum Gasteiger partial charge on any atom is -0.376 e. The molecule has 0 radical (unpaired) electrons. The summed E-state index contributed by atoms with van der Waals surface area (Å²) in [6.07, 6.45) is 2.86. The maximum atomic E-state index is 13.1. The summed E-state index contributed by atoms with van der Waals surface area (Å²) in [6.45, 7) is 3.99. The van der Waals surface area contributed by atoms with Gasteiger partial charge in [0.1, 0.15) is 0 Å². The average Bonchev–Trinajstić information content (AvgIpc) is 3.03. The molecule has 2 aromatic carbocycles. The van der Waals surface area contributed by atoms with Crippen molar-refractivity contribution in [3.05, 3.63) is 77.4 Å². The van der Waals surface area contributed by atoms with Crippen molar-refractivity contribution in [1.29, 1.82) is 0 Å². The molecule has 2 heterocycles. The van der Waals surface area contributed by atoms with Crippen LogP contribution in [0.15, 0.2) is 71.1 Å². The van der Waals surface area contributed by atoms with Gasteiger partial charge in [0.05, 0.1) is 18.1 Å². The number of nitrogens with zero attached hydrogens (tertiary/aromatic N) is 1. The third kappa shape index (κ3) is 3.11. The molecule has 1 fully saturated rings. The van der Waals surface area contributed by atoms with Crippen molar-refractivity contribution in [3.63, 3.8) is 0 Å². The summed E-state index contributed by atoms with van der Waals surface area (Å²) >= 11 is 0. The standard InChI is InChI=1S/C21H23NO3S/c1-17-7-9-20(10-8-17)26(23,24)22-14-19-11-12-25-16-21(19,15-22)13-18-5-3-2-4-6-18/h2-11H,12-16H2,1H3/t21-/m1/s1. The first-order valence-corrected chi connectivity index (χ1v) is 10.3. The smallest absolute Gasteiger partial charge is 0.243 e. The summed E-state index contributed by atoms with van der Waals surface area (Å²) in [4.78, 5) is 0.359. The van der Waals surface area contributed by atoms with E-state index >= 15 is 0 Å². The fourth-order valence-corrected chi connectivity index (χ4v) is 5.43. The second-order valence-electron chi connectivity index (χ2n) is 7.27. The molecule has 4 nitrogen and oxygen atoms in total. The van der Waals surface area contributed by atoms with E-state index in [9.17, 15) is 8.42 Å². The molecule has 0 N–H and O–H groups in total. The third-order valence-corrected chi connectivity index (χ3v) is 7.18. The van der Waals surface area contributed by atoms with Gasteiger partial charge in [-0.2, -0.15) is 4.31 Å². The first-order chi connectivity index (χ1) is 12.5. The van der Waals surface area contributed by atoms with Crippen molar-refractivity contribution < 1.29 is 13.2 Å². The quantitative estimate of drug-likeness (QED) is 0.778. The Morgan fingerprint density at radius 3 is 2.54 bits per heavy atom. The zero-order valence-electron chi connectivity index (χ0n) is 14.9. The second-order valence-corrected chi connectivity index (χ2v) is 9.21. The highest BCUT2D eigenvalue weighted by atomic mass is 32.2. The zero-order chi connectivity index (χ0) is 18.2. The second kappa shape index (κ2) is 6.65. The first kappa shape index (κ1) is 17.5. The van der Waals surface area contributed by atoms with E-state index in [1.807, 2.05) is 37.3 Å². The molecule has 2 aliphatic heterocycles. The van der Waals surface area contributed by atoms with Gasteiger partial charge in [0.2, 0.25) is 10.0 Å². The normalized spacial score (nSPS) is 23.5. The van der Waals surface area contributed by atoms with Gasteiger partial charge < -0.3 is 4.74 Å². The molecule has 0 spiro atoms. The molecule has 0 bridgehead atoms. The van der Waals surface area contributed by atoms with Crippen LogP contribution >= 0.6 is 0 Å². The SMILES string of the molecule is Cc1ccc(S(=O)(=O)N2CC3=CCOC[C@@]3(Cc3ccccc3)C2)cc1. The fourth-order valence-electron chi connectivity index (χ4n) is 3.92. The van der Waals surface area contributed by atoms with E-state index in [0.29, 0.717) is 31.2 Å². The number of hydrogen-bond acceptors (Lipinski definition) is 3. The maximum absolute atomic E-state index is 13.1. The Morgan fingerprint density at radius 1 is 1.08 bits per heavy atom. The minimum absolute atomic E-state index is 0.266. The summed E-state index contributed by atoms with van der Waals surface area (Å²) in [5, 5.41) is 0. The minimum atomic E-state index is -3.51. The van der Waals surface area contributed by atoms with Gasteiger partial charge in [-0.1, -0.05) is 54.1 Å². The van der Waals surface area contributed by atoms with Crippen molar-refractivity contribution in [1.82, 2.24) is 4.31 Å². The molecular weight excluding hydrogens is 346 g/mol. The highest BCUT2D eigenvalue weighted by Crippen LogP contribution is 2.43. The van der Waals surface area contributed by atoms with Gasteiger partial charge >= 0.3 is 0 Å². The molecule has 26 heavy (non-hydrogen) atoms. The topological polar surface area (TPSA) is 46.6 Å². The number of hydrogen-bond donors (Lipinski definition) is 0. The van der Waals surface area contributed by atoms with Gasteiger partial charge in [-0.25, -0.2) is 8.42 Å². The average molecular weight is 369 g/mol. The molecular formula is C21H23NO3S. The Morgan fingerprint density at radius 2 is 1.81 bits per heavy atom. The lowest BCUT2D eigenvalue weighted by atomic mass is 9.77. The van der Waals surface area contributed by atoms with Crippen molar-refractivity contribution >= 4 is 10.0 Å². The number of aryl methyl sites for hydroxylation is 1. The van der Waals surface area contributed by atoms with Gasteiger partial charge in [-0.05, 0) is 36.6 Å². The molecule has 1 atom stereocenters. The monoisotopic (exact) mass is 369 g/mol. The number of fused-ring (bicyclic) bond motifs is 1. The van der Waals surface area contributed by atoms with Gasteiger partial charge in [0.25, 0.3) is 0 Å². The summed E-state index contributed by atoms with van der Waals surface area (Å²) in [5.74, 6) is 0. The molecule has 0 aliphatic carbocycles. The molecule has 0 unspecified atom stereocenters. The van der Waals surface area contributed by atoms with Crippen molar-refractivity contribution in [3.8, 4) is 0 Å². The Kier molecular flexibility index (Phi) is 4.47. The zero-order valence-corrected chi connectivity index (χ0v) is 15.7. The summed E-state index contributed by atoms with van der Waals surface area (Å²) in [7, 11) is -3.51. The molecule has 136 valence electrons. The van der Waals surface area contributed by atoms with E-state index < -0.39 is 10.0 Å². The number of sulfonamides is 1. The molecule has 2 aromatic rings. The van der Waals surface area contributed by atoms with Crippen molar-refractivity contribution in [2.45, 2.75) is 18.2 Å². The van der Waals surface area contributed by atoms with Crippen LogP contribution < -0.4 is 0 Å². The number of rotatable bonds is 4. The maximum Gasteiger partial charge on any atom is 0.243 e. The lowest BCUT2D eigenvalue weighted by Crippen LogP contribution is -2.38. The van der Waals surface area contributed by atoms with Gasteiger partial charge in [-0.3, -0.25) is 0 Å². The van der Waals surface area contributed by atoms with Crippen LogP contribution in [-0.2, 0) is 21.2 Å². The fraction of sp³-hybridized carbons (Fsp3) is 0.333. The van der Waals surface area contributed by atoms with E-state index in [-0.39, 0.29) is 5.41 Å². The third-order valence-electron chi connectivity index (χ3n) is 5.38. The van der Waals surface area contributed by atoms with E-state index in [1.165, 1.54) is 11.1 Å². The van der Waals surface area contributed by atoms with E-state index in [4.69, 9.17) is 4.74 Å². The van der Waals surface area contributed by atoms with E-state index in [2.05, 4.69) is 18.2 Å². The Labute approximate surface area is 155 Å². The molecule has 4 rings (SSSR count). The summed E-state index contributed by atoms with van der Waals surface area (Å²) in [6, 6.07) is 17.3.